The Balaban J connectivity index is 1.93. The van der Waals surface area contributed by atoms with Gasteiger partial charge in [-0.15, -0.1) is 0 Å². The predicted molar refractivity (Wildman–Crippen MR) is 91.1 cm³/mol. The third kappa shape index (κ3) is 3.09. The summed E-state index contributed by atoms with van der Waals surface area (Å²) in [5.74, 6) is 0.455. The molecule has 3 rings (SSSR count). The van der Waals surface area contributed by atoms with Crippen LogP contribution in [-0.4, -0.2) is 5.78 Å². The van der Waals surface area contributed by atoms with E-state index >= 15 is 0 Å². The van der Waals surface area contributed by atoms with Crippen LogP contribution in [0.1, 0.15) is 47.7 Å². The van der Waals surface area contributed by atoms with E-state index in [0.717, 1.165) is 11.8 Å². The molecule has 0 amide bonds. The molecule has 0 saturated carbocycles. The lowest BCUT2D eigenvalue weighted by Gasteiger charge is -2.09. The molecule has 2 aromatic carbocycles. The molecule has 1 aromatic heterocycles. The first-order valence-corrected chi connectivity index (χ1v) is 7.77. The average molecular weight is 306 g/mol. The van der Waals surface area contributed by atoms with E-state index in [1.54, 1.807) is 24.3 Å². The normalized spacial score (nSPS) is 12.3. The predicted octanol–water partition coefficient (Wildman–Crippen LogP) is 4.54. The summed E-state index contributed by atoms with van der Waals surface area (Å²) in [6, 6.07) is 15.9. The first-order valence-electron chi connectivity index (χ1n) is 7.77. The number of carbonyl (C=O) groups is 1. The van der Waals surface area contributed by atoms with Crippen LogP contribution in [0.2, 0.25) is 0 Å². The molecule has 1 unspecified atom stereocenters. The largest absolute Gasteiger partial charge is 0.423 e. The summed E-state index contributed by atoms with van der Waals surface area (Å²) in [5, 5.41) is 0.742. The molecule has 3 aromatic rings. The van der Waals surface area contributed by atoms with Crippen LogP contribution >= 0.6 is 0 Å². The molecule has 0 aliphatic carbocycles. The van der Waals surface area contributed by atoms with E-state index in [2.05, 4.69) is 13.8 Å². The number of fused-ring (bicyclic) bond motifs is 1. The van der Waals surface area contributed by atoms with E-state index in [4.69, 9.17) is 4.42 Å². The first kappa shape index (κ1) is 15.2. The highest BCUT2D eigenvalue weighted by Crippen LogP contribution is 2.21. The van der Waals surface area contributed by atoms with Crippen LogP contribution in [0.3, 0.4) is 0 Å². The zero-order chi connectivity index (χ0) is 16.4. The highest BCUT2D eigenvalue weighted by atomic mass is 16.4. The van der Waals surface area contributed by atoms with Gasteiger partial charge in [-0.25, -0.2) is 4.79 Å². The van der Waals surface area contributed by atoms with Gasteiger partial charge in [-0.05, 0) is 42.2 Å². The van der Waals surface area contributed by atoms with E-state index in [1.165, 1.54) is 11.6 Å². The fraction of sp³-hybridized carbons (Fsp3) is 0.200. The van der Waals surface area contributed by atoms with Gasteiger partial charge in [0.25, 0.3) is 0 Å². The monoisotopic (exact) mass is 306 g/mol. The van der Waals surface area contributed by atoms with Crippen molar-refractivity contribution < 1.29 is 9.21 Å². The van der Waals surface area contributed by atoms with Crippen molar-refractivity contribution in [1.82, 2.24) is 0 Å². The van der Waals surface area contributed by atoms with Crippen molar-refractivity contribution in [2.45, 2.75) is 26.2 Å². The molecule has 0 radical (unpaired) electrons. The molecule has 23 heavy (non-hydrogen) atoms. The zero-order valence-corrected chi connectivity index (χ0v) is 13.2. The highest BCUT2D eigenvalue weighted by Gasteiger charge is 2.11. The Bertz CT molecular complexity index is 904. The van der Waals surface area contributed by atoms with Gasteiger partial charge in [0.15, 0.2) is 5.78 Å². The van der Waals surface area contributed by atoms with Crippen molar-refractivity contribution >= 4 is 16.8 Å². The quantitative estimate of drug-likeness (QED) is 0.525. The van der Waals surface area contributed by atoms with Crippen LogP contribution in [0.25, 0.3) is 11.0 Å². The molecule has 0 N–H and O–H groups in total. The smallest absolute Gasteiger partial charge is 0.336 e. The zero-order valence-electron chi connectivity index (χ0n) is 13.2. The minimum atomic E-state index is -0.391. The van der Waals surface area contributed by atoms with Crippen LogP contribution in [0.4, 0.5) is 0 Å². The van der Waals surface area contributed by atoms with Crippen molar-refractivity contribution in [1.29, 1.82) is 0 Å². The lowest BCUT2D eigenvalue weighted by molar-refractivity contribution is 0.103. The van der Waals surface area contributed by atoms with Crippen LogP contribution in [0, 0.1) is 0 Å². The van der Waals surface area contributed by atoms with Gasteiger partial charge in [-0.1, -0.05) is 38.1 Å². The number of carbonyl (C=O) groups excluding carboxylic acids is 1. The Labute approximate surface area is 134 Å². The van der Waals surface area contributed by atoms with Crippen LogP contribution in [0.15, 0.2) is 63.8 Å². The molecule has 0 aliphatic rings. The van der Waals surface area contributed by atoms with E-state index in [0.29, 0.717) is 22.6 Å². The SMILES string of the molecule is CCC(C)c1ccc(C(=O)c2ccc3oc(=O)ccc3c2)cc1. The summed E-state index contributed by atoms with van der Waals surface area (Å²) in [6.07, 6.45) is 1.07. The fourth-order valence-electron chi connectivity index (χ4n) is 2.58. The molecule has 0 bridgehead atoms. The van der Waals surface area contributed by atoms with Crippen molar-refractivity contribution in [3.8, 4) is 0 Å². The first-order chi connectivity index (χ1) is 11.1. The highest BCUT2D eigenvalue weighted by molar-refractivity contribution is 6.10. The molecule has 0 saturated heterocycles. The van der Waals surface area contributed by atoms with Gasteiger partial charge in [0, 0.05) is 22.6 Å². The van der Waals surface area contributed by atoms with Gasteiger partial charge < -0.3 is 4.42 Å². The second-order valence-electron chi connectivity index (χ2n) is 5.77. The maximum absolute atomic E-state index is 12.6. The van der Waals surface area contributed by atoms with Gasteiger partial charge in [-0.3, -0.25) is 4.79 Å². The minimum absolute atomic E-state index is 0.0335. The van der Waals surface area contributed by atoms with Gasteiger partial charge in [-0.2, -0.15) is 0 Å². The second kappa shape index (κ2) is 6.21. The van der Waals surface area contributed by atoms with Crippen molar-refractivity contribution in [3.05, 3.63) is 81.7 Å². The maximum Gasteiger partial charge on any atom is 0.336 e. The van der Waals surface area contributed by atoms with Gasteiger partial charge in [0.05, 0.1) is 0 Å². The van der Waals surface area contributed by atoms with E-state index < -0.39 is 5.63 Å². The summed E-state index contributed by atoms with van der Waals surface area (Å²) in [7, 11) is 0. The minimum Gasteiger partial charge on any atom is -0.423 e. The van der Waals surface area contributed by atoms with Gasteiger partial charge in [0.2, 0.25) is 0 Å². The molecule has 0 fully saturated rings. The summed E-state index contributed by atoms with van der Waals surface area (Å²) in [5.41, 5.74) is 2.58. The third-order valence-electron chi connectivity index (χ3n) is 4.24. The van der Waals surface area contributed by atoms with E-state index in [9.17, 15) is 9.59 Å². The molecule has 116 valence electrons. The lowest BCUT2D eigenvalue weighted by Crippen LogP contribution is -2.02. The Morgan fingerprint density at radius 3 is 2.39 bits per heavy atom. The summed E-state index contributed by atoms with van der Waals surface area (Å²) >= 11 is 0. The standard InChI is InChI=1S/C20H18O3/c1-3-13(2)14-4-6-15(7-5-14)20(22)17-8-10-18-16(12-17)9-11-19(21)23-18/h4-13H,3H2,1-2H3. The average Bonchev–Trinajstić information content (AvgIpc) is 2.60. The molecule has 1 heterocycles. The molecule has 0 spiro atoms. The molecule has 1 atom stereocenters. The summed E-state index contributed by atoms with van der Waals surface area (Å²) < 4.78 is 5.09. The Hall–Kier alpha value is -2.68. The molecular formula is C20H18O3. The number of benzene rings is 2. The number of hydrogen-bond acceptors (Lipinski definition) is 3. The topological polar surface area (TPSA) is 47.3 Å². The summed E-state index contributed by atoms with van der Waals surface area (Å²) in [4.78, 5) is 23.8. The van der Waals surface area contributed by atoms with Crippen molar-refractivity contribution in [3.63, 3.8) is 0 Å². The number of ketones is 1. The van der Waals surface area contributed by atoms with E-state index in [-0.39, 0.29) is 5.78 Å². The van der Waals surface area contributed by atoms with Crippen LogP contribution in [-0.2, 0) is 0 Å². The van der Waals surface area contributed by atoms with E-state index in [1.807, 2.05) is 24.3 Å². The Morgan fingerprint density at radius 1 is 1.00 bits per heavy atom. The molecule has 3 nitrogen and oxygen atoms in total. The van der Waals surface area contributed by atoms with Crippen LogP contribution in [0.5, 0.6) is 0 Å². The van der Waals surface area contributed by atoms with Gasteiger partial charge in [0.1, 0.15) is 5.58 Å². The van der Waals surface area contributed by atoms with Crippen LogP contribution < -0.4 is 5.63 Å². The third-order valence-corrected chi connectivity index (χ3v) is 4.24. The molecular weight excluding hydrogens is 288 g/mol. The molecule has 0 aliphatic heterocycles. The second-order valence-corrected chi connectivity index (χ2v) is 5.77. The fourth-order valence-corrected chi connectivity index (χ4v) is 2.58. The maximum atomic E-state index is 12.6. The van der Waals surface area contributed by atoms with Gasteiger partial charge >= 0.3 is 5.63 Å². The summed E-state index contributed by atoms with van der Waals surface area (Å²) in [6.45, 7) is 4.32. The number of hydrogen-bond donors (Lipinski definition) is 0. The molecule has 3 heteroatoms. The Morgan fingerprint density at radius 2 is 1.70 bits per heavy atom. The lowest BCUT2D eigenvalue weighted by atomic mass is 9.95. The van der Waals surface area contributed by atoms with Crippen molar-refractivity contribution in [2.75, 3.05) is 0 Å². The Kier molecular flexibility index (Phi) is 4.11. The van der Waals surface area contributed by atoms with Crippen molar-refractivity contribution in [2.24, 2.45) is 0 Å². The number of rotatable bonds is 4.